The Morgan fingerprint density at radius 1 is 1.00 bits per heavy atom. The fourth-order valence-electron chi connectivity index (χ4n) is 3.69. The Kier molecular flexibility index (Phi) is 3.90. The monoisotopic (exact) mass is 258 g/mol. The summed E-state index contributed by atoms with van der Waals surface area (Å²) in [5.74, 6) is 0. The van der Waals surface area contributed by atoms with Crippen molar-refractivity contribution < 1.29 is 0 Å². The SMILES string of the molecule is CC1CCCC(C)N1NC1CCc2ccccc2C1. The fraction of sp³-hybridized carbons (Fsp3) is 0.647. The van der Waals surface area contributed by atoms with Crippen molar-refractivity contribution in [2.45, 2.75) is 70.5 Å². The molecule has 1 aliphatic heterocycles. The number of nitrogens with one attached hydrogen (secondary N) is 1. The van der Waals surface area contributed by atoms with Gasteiger partial charge in [0.2, 0.25) is 0 Å². The molecular weight excluding hydrogens is 232 g/mol. The lowest BCUT2D eigenvalue weighted by molar-refractivity contribution is 0.0271. The zero-order valence-corrected chi connectivity index (χ0v) is 12.2. The first-order valence-corrected chi connectivity index (χ1v) is 7.85. The molecule has 19 heavy (non-hydrogen) atoms. The van der Waals surface area contributed by atoms with E-state index in [4.69, 9.17) is 0 Å². The Bertz CT molecular complexity index is 419. The van der Waals surface area contributed by atoms with Crippen LogP contribution in [0.4, 0.5) is 0 Å². The number of hydrazine groups is 1. The third-order valence-electron chi connectivity index (χ3n) is 4.87. The van der Waals surface area contributed by atoms with E-state index >= 15 is 0 Å². The van der Waals surface area contributed by atoms with E-state index in [9.17, 15) is 0 Å². The van der Waals surface area contributed by atoms with Crippen molar-refractivity contribution in [3.63, 3.8) is 0 Å². The smallest absolute Gasteiger partial charge is 0.0259 e. The van der Waals surface area contributed by atoms with Gasteiger partial charge in [0.1, 0.15) is 0 Å². The first kappa shape index (κ1) is 13.1. The number of nitrogens with zero attached hydrogens (tertiary/aromatic N) is 1. The summed E-state index contributed by atoms with van der Waals surface area (Å²) in [6.45, 7) is 4.72. The highest BCUT2D eigenvalue weighted by Gasteiger charge is 2.28. The van der Waals surface area contributed by atoms with Gasteiger partial charge >= 0.3 is 0 Å². The number of benzene rings is 1. The van der Waals surface area contributed by atoms with Crippen LogP contribution in [-0.2, 0) is 12.8 Å². The molecule has 1 fully saturated rings. The van der Waals surface area contributed by atoms with Crippen LogP contribution < -0.4 is 5.43 Å². The minimum absolute atomic E-state index is 0.623. The maximum atomic E-state index is 3.83. The van der Waals surface area contributed by atoms with Crippen molar-refractivity contribution in [2.75, 3.05) is 0 Å². The van der Waals surface area contributed by atoms with Crippen molar-refractivity contribution in [3.8, 4) is 0 Å². The Morgan fingerprint density at radius 2 is 1.68 bits per heavy atom. The fourth-order valence-corrected chi connectivity index (χ4v) is 3.69. The van der Waals surface area contributed by atoms with E-state index in [2.05, 4.69) is 48.5 Å². The predicted octanol–water partition coefficient (Wildman–Crippen LogP) is 3.31. The number of rotatable bonds is 2. The van der Waals surface area contributed by atoms with Crippen molar-refractivity contribution >= 4 is 0 Å². The molecular formula is C17H26N2. The van der Waals surface area contributed by atoms with E-state index < -0.39 is 0 Å². The largest absolute Gasteiger partial charge is 0.251 e. The molecule has 1 aromatic carbocycles. The molecule has 3 unspecified atom stereocenters. The van der Waals surface area contributed by atoms with Crippen LogP contribution >= 0.6 is 0 Å². The lowest BCUT2D eigenvalue weighted by Gasteiger charge is -2.42. The maximum absolute atomic E-state index is 3.83. The van der Waals surface area contributed by atoms with Crippen LogP contribution in [0.15, 0.2) is 24.3 Å². The first-order valence-electron chi connectivity index (χ1n) is 7.85. The lowest BCUT2D eigenvalue weighted by atomic mass is 9.88. The van der Waals surface area contributed by atoms with Crippen molar-refractivity contribution in [1.82, 2.24) is 10.4 Å². The zero-order chi connectivity index (χ0) is 13.2. The number of hydrogen-bond donors (Lipinski definition) is 1. The van der Waals surface area contributed by atoms with Gasteiger partial charge in [0.15, 0.2) is 0 Å². The molecule has 0 bridgehead atoms. The molecule has 0 amide bonds. The number of piperidine rings is 1. The van der Waals surface area contributed by atoms with Gasteiger partial charge in [-0.3, -0.25) is 5.43 Å². The second kappa shape index (κ2) is 5.64. The first-order chi connectivity index (χ1) is 9.24. The molecule has 1 heterocycles. The molecule has 0 saturated carbocycles. The van der Waals surface area contributed by atoms with Gasteiger partial charge in [0.05, 0.1) is 0 Å². The van der Waals surface area contributed by atoms with Crippen LogP contribution in [0.25, 0.3) is 0 Å². The Labute approximate surface area is 117 Å². The topological polar surface area (TPSA) is 15.3 Å². The third-order valence-corrected chi connectivity index (χ3v) is 4.87. The molecule has 2 aliphatic rings. The molecule has 1 N–H and O–H groups in total. The minimum atomic E-state index is 0.623. The number of aryl methyl sites for hydroxylation is 1. The van der Waals surface area contributed by atoms with E-state index in [1.807, 2.05) is 0 Å². The summed E-state index contributed by atoms with van der Waals surface area (Å²) < 4.78 is 0. The molecule has 1 saturated heterocycles. The highest BCUT2D eigenvalue weighted by molar-refractivity contribution is 5.30. The highest BCUT2D eigenvalue weighted by atomic mass is 15.5. The second-order valence-electron chi connectivity index (χ2n) is 6.37. The lowest BCUT2D eigenvalue weighted by Crippen LogP contribution is -2.56. The molecule has 0 aromatic heterocycles. The molecule has 1 aliphatic carbocycles. The molecule has 104 valence electrons. The van der Waals surface area contributed by atoms with Crippen molar-refractivity contribution in [2.24, 2.45) is 0 Å². The average Bonchev–Trinajstić information content (AvgIpc) is 2.43. The standard InChI is InChI=1S/C17H26N2/c1-13-6-5-7-14(2)19(13)18-17-11-10-15-8-3-4-9-16(15)12-17/h3-4,8-9,13-14,17-18H,5-7,10-12H2,1-2H3. The van der Waals surface area contributed by atoms with Gasteiger partial charge in [-0.1, -0.05) is 30.7 Å². The van der Waals surface area contributed by atoms with Crippen LogP contribution in [0.5, 0.6) is 0 Å². The number of fused-ring (bicyclic) bond motifs is 1. The Balaban J connectivity index is 1.65. The molecule has 2 heteroatoms. The van der Waals surface area contributed by atoms with E-state index in [0.717, 1.165) is 0 Å². The van der Waals surface area contributed by atoms with Gasteiger partial charge in [-0.2, -0.15) is 0 Å². The Morgan fingerprint density at radius 3 is 2.42 bits per heavy atom. The Hall–Kier alpha value is -0.860. The van der Waals surface area contributed by atoms with Gasteiger partial charge in [-0.25, -0.2) is 5.01 Å². The van der Waals surface area contributed by atoms with Gasteiger partial charge in [-0.15, -0.1) is 0 Å². The van der Waals surface area contributed by atoms with E-state index in [-0.39, 0.29) is 0 Å². The van der Waals surface area contributed by atoms with E-state index in [1.54, 1.807) is 11.1 Å². The average molecular weight is 258 g/mol. The summed E-state index contributed by atoms with van der Waals surface area (Å²) in [5.41, 5.74) is 6.93. The van der Waals surface area contributed by atoms with Gasteiger partial charge in [-0.05, 0) is 57.1 Å². The van der Waals surface area contributed by atoms with Crippen molar-refractivity contribution in [3.05, 3.63) is 35.4 Å². The molecule has 0 spiro atoms. The summed E-state index contributed by atoms with van der Waals surface area (Å²) in [4.78, 5) is 0. The second-order valence-corrected chi connectivity index (χ2v) is 6.37. The van der Waals surface area contributed by atoms with E-state index in [0.29, 0.717) is 18.1 Å². The van der Waals surface area contributed by atoms with Crippen molar-refractivity contribution in [1.29, 1.82) is 0 Å². The van der Waals surface area contributed by atoms with Crippen LogP contribution in [0.2, 0.25) is 0 Å². The third kappa shape index (κ3) is 2.85. The summed E-state index contributed by atoms with van der Waals surface area (Å²) in [7, 11) is 0. The van der Waals surface area contributed by atoms with Gasteiger partial charge in [0, 0.05) is 18.1 Å². The summed E-state index contributed by atoms with van der Waals surface area (Å²) in [6, 6.07) is 10.9. The summed E-state index contributed by atoms with van der Waals surface area (Å²) in [6.07, 6.45) is 7.73. The van der Waals surface area contributed by atoms with Crippen LogP contribution in [0, 0.1) is 0 Å². The van der Waals surface area contributed by atoms with Crippen LogP contribution in [0.1, 0.15) is 50.7 Å². The quantitative estimate of drug-likeness (QED) is 0.875. The summed E-state index contributed by atoms with van der Waals surface area (Å²) in [5, 5.41) is 2.53. The molecule has 2 nitrogen and oxygen atoms in total. The zero-order valence-electron chi connectivity index (χ0n) is 12.2. The highest BCUT2D eigenvalue weighted by Crippen LogP contribution is 2.24. The molecule has 1 aromatic rings. The predicted molar refractivity (Wildman–Crippen MR) is 80.0 cm³/mol. The molecule has 3 atom stereocenters. The summed E-state index contributed by atoms with van der Waals surface area (Å²) >= 11 is 0. The molecule has 0 radical (unpaired) electrons. The van der Waals surface area contributed by atoms with Gasteiger partial charge < -0.3 is 0 Å². The normalized spacial score (nSPS) is 32.0. The molecule has 3 rings (SSSR count). The van der Waals surface area contributed by atoms with Crippen LogP contribution in [0.3, 0.4) is 0 Å². The maximum Gasteiger partial charge on any atom is 0.0259 e. The minimum Gasteiger partial charge on any atom is -0.251 e. The van der Waals surface area contributed by atoms with E-state index in [1.165, 1.54) is 38.5 Å². The number of hydrogen-bond acceptors (Lipinski definition) is 2. The van der Waals surface area contributed by atoms with Crippen LogP contribution in [-0.4, -0.2) is 23.1 Å². The van der Waals surface area contributed by atoms with Gasteiger partial charge in [0.25, 0.3) is 0 Å².